The van der Waals surface area contributed by atoms with Gasteiger partial charge in [0, 0.05) is 23.7 Å². The van der Waals surface area contributed by atoms with Crippen LogP contribution in [0.1, 0.15) is 30.3 Å². The molecule has 6 heteroatoms. The van der Waals surface area contributed by atoms with Gasteiger partial charge < -0.3 is 15.4 Å². The number of hydrogen-bond acceptors (Lipinski definition) is 4. The Morgan fingerprint density at radius 1 is 1.61 bits per heavy atom. The topological polar surface area (TPSA) is 65.1 Å². The zero-order chi connectivity index (χ0) is 13.5. The van der Waals surface area contributed by atoms with Crippen LogP contribution in [0.15, 0.2) is 0 Å². The highest BCUT2D eigenvalue weighted by molar-refractivity contribution is 7.73. The van der Waals surface area contributed by atoms with Crippen molar-refractivity contribution >= 4 is 29.5 Å². The molecule has 1 aromatic rings. The number of hydrogen-bond donors (Lipinski definition) is 3. The molecule has 18 heavy (non-hydrogen) atoms. The summed E-state index contributed by atoms with van der Waals surface area (Å²) in [4.78, 5) is 15.7. The molecule has 102 valence electrons. The van der Waals surface area contributed by atoms with Gasteiger partial charge in [-0.2, -0.15) is 0 Å². The van der Waals surface area contributed by atoms with Gasteiger partial charge in [0.2, 0.25) is 5.91 Å². The highest BCUT2D eigenvalue weighted by Gasteiger charge is 2.08. The second-order valence-electron chi connectivity index (χ2n) is 4.52. The molecule has 3 N–H and O–H groups in total. The van der Waals surface area contributed by atoms with Crippen molar-refractivity contribution in [2.24, 2.45) is 5.92 Å². The van der Waals surface area contributed by atoms with E-state index >= 15 is 0 Å². The molecule has 0 spiro atoms. The molecule has 0 saturated carbocycles. The fourth-order valence-electron chi connectivity index (χ4n) is 1.58. The molecule has 1 unspecified atom stereocenters. The lowest BCUT2D eigenvalue weighted by Gasteiger charge is -2.08. The van der Waals surface area contributed by atoms with Crippen LogP contribution in [-0.4, -0.2) is 29.1 Å². The molecular formula is C12H20N2O2S2. The maximum absolute atomic E-state index is 11.7. The summed E-state index contributed by atoms with van der Waals surface area (Å²) in [5.74, 6) is 0.332. The summed E-state index contributed by atoms with van der Waals surface area (Å²) < 4.78 is 0.715. The number of aryl methyl sites for hydroxylation is 1. The predicted molar refractivity (Wildman–Crippen MR) is 76.4 cm³/mol. The Labute approximate surface area is 116 Å². The van der Waals surface area contributed by atoms with E-state index in [-0.39, 0.29) is 12.5 Å². The Kier molecular flexibility index (Phi) is 6.52. The van der Waals surface area contributed by atoms with E-state index in [1.54, 1.807) is 0 Å². The number of thiazole rings is 1. The molecule has 1 amide bonds. The first-order valence-corrected chi connectivity index (χ1v) is 7.31. The lowest BCUT2D eigenvalue weighted by atomic mass is 10.1. The molecule has 0 aliphatic carbocycles. The Balaban J connectivity index is 2.26. The van der Waals surface area contributed by atoms with Crippen LogP contribution in [0.3, 0.4) is 0 Å². The summed E-state index contributed by atoms with van der Waals surface area (Å²) in [6.07, 6.45) is 2.22. The molecule has 4 nitrogen and oxygen atoms in total. The molecule has 1 rings (SSSR count). The highest BCUT2D eigenvalue weighted by Crippen LogP contribution is 2.14. The Bertz CT molecular complexity index is 440. The molecule has 1 heterocycles. The highest BCUT2D eigenvalue weighted by atomic mass is 32.1. The SMILES string of the molecule is Cc1[nH]c(=S)sc1CC(=O)NCCCC(C)CO. The van der Waals surface area contributed by atoms with Gasteiger partial charge >= 0.3 is 0 Å². The van der Waals surface area contributed by atoms with Crippen LogP contribution in [0.5, 0.6) is 0 Å². The number of aliphatic hydroxyl groups excluding tert-OH is 1. The second kappa shape index (κ2) is 7.66. The summed E-state index contributed by atoms with van der Waals surface area (Å²) in [6, 6.07) is 0. The number of carbonyl (C=O) groups excluding carboxylic acids is 1. The largest absolute Gasteiger partial charge is 0.396 e. The van der Waals surface area contributed by atoms with Crippen molar-refractivity contribution in [1.29, 1.82) is 0 Å². The van der Waals surface area contributed by atoms with Crippen molar-refractivity contribution in [3.05, 3.63) is 14.5 Å². The maximum Gasteiger partial charge on any atom is 0.225 e. The van der Waals surface area contributed by atoms with Gasteiger partial charge in [0.25, 0.3) is 0 Å². The molecule has 0 aliphatic heterocycles. The number of aliphatic hydroxyl groups is 1. The zero-order valence-corrected chi connectivity index (χ0v) is 12.4. The molecule has 0 aliphatic rings. The third kappa shape index (κ3) is 5.29. The molecule has 0 bridgehead atoms. The first kappa shape index (κ1) is 15.3. The molecule has 0 aromatic carbocycles. The van der Waals surface area contributed by atoms with Crippen LogP contribution >= 0.6 is 23.6 Å². The number of carbonyl (C=O) groups is 1. The second-order valence-corrected chi connectivity index (χ2v) is 6.29. The van der Waals surface area contributed by atoms with Crippen LogP contribution in [-0.2, 0) is 11.2 Å². The minimum Gasteiger partial charge on any atom is -0.396 e. The van der Waals surface area contributed by atoms with Crippen molar-refractivity contribution in [2.45, 2.75) is 33.1 Å². The van der Waals surface area contributed by atoms with Gasteiger partial charge in [0.15, 0.2) is 3.95 Å². The van der Waals surface area contributed by atoms with E-state index in [1.165, 1.54) is 11.3 Å². The van der Waals surface area contributed by atoms with Gasteiger partial charge in [-0.25, -0.2) is 0 Å². The van der Waals surface area contributed by atoms with Gasteiger partial charge in [-0.1, -0.05) is 6.92 Å². The zero-order valence-electron chi connectivity index (χ0n) is 10.8. The average Bonchev–Trinajstić information content (AvgIpc) is 2.63. The number of H-pyrrole nitrogens is 1. The lowest BCUT2D eigenvalue weighted by Crippen LogP contribution is -2.26. The third-order valence-electron chi connectivity index (χ3n) is 2.75. The van der Waals surface area contributed by atoms with E-state index in [2.05, 4.69) is 10.3 Å². The Hall–Kier alpha value is -0.720. The fourth-order valence-corrected chi connectivity index (χ4v) is 2.87. The molecule has 0 saturated heterocycles. The number of rotatable bonds is 7. The summed E-state index contributed by atoms with van der Waals surface area (Å²) in [5.41, 5.74) is 0.981. The Morgan fingerprint density at radius 2 is 2.33 bits per heavy atom. The number of nitrogens with one attached hydrogen (secondary N) is 2. The van der Waals surface area contributed by atoms with E-state index in [0.29, 0.717) is 22.8 Å². The molecule has 0 fully saturated rings. The van der Waals surface area contributed by atoms with Crippen LogP contribution in [0.4, 0.5) is 0 Å². The minimum atomic E-state index is 0.0278. The van der Waals surface area contributed by atoms with Crippen LogP contribution in [0, 0.1) is 16.8 Å². The predicted octanol–water partition coefficient (Wildman–Crippen LogP) is 2.18. The first-order valence-electron chi connectivity index (χ1n) is 6.09. The van der Waals surface area contributed by atoms with Gasteiger partial charge in [0.1, 0.15) is 0 Å². The molecular weight excluding hydrogens is 268 g/mol. The number of aromatic amines is 1. The number of aromatic nitrogens is 1. The molecule has 1 aromatic heterocycles. The van der Waals surface area contributed by atoms with Crippen molar-refractivity contribution < 1.29 is 9.90 Å². The monoisotopic (exact) mass is 288 g/mol. The van der Waals surface area contributed by atoms with Gasteiger partial charge in [-0.3, -0.25) is 4.79 Å². The van der Waals surface area contributed by atoms with E-state index < -0.39 is 0 Å². The van der Waals surface area contributed by atoms with E-state index in [1.807, 2.05) is 13.8 Å². The minimum absolute atomic E-state index is 0.0278. The summed E-state index contributed by atoms with van der Waals surface area (Å²) in [6.45, 7) is 4.80. The van der Waals surface area contributed by atoms with E-state index in [4.69, 9.17) is 17.3 Å². The average molecular weight is 288 g/mol. The van der Waals surface area contributed by atoms with Crippen molar-refractivity contribution in [2.75, 3.05) is 13.2 Å². The van der Waals surface area contributed by atoms with E-state index in [9.17, 15) is 4.79 Å². The normalized spacial score (nSPS) is 12.4. The van der Waals surface area contributed by atoms with E-state index in [0.717, 1.165) is 23.4 Å². The van der Waals surface area contributed by atoms with Crippen molar-refractivity contribution in [1.82, 2.24) is 10.3 Å². The lowest BCUT2D eigenvalue weighted by molar-refractivity contribution is -0.120. The van der Waals surface area contributed by atoms with Gasteiger partial charge in [-0.05, 0) is 37.9 Å². The van der Waals surface area contributed by atoms with Gasteiger partial charge in [0.05, 0.1) is 6.42 Å². The summed E-state index contributed by atoms with van der Waals surface area (Å²) >= 11 is 6.48. The maximum atomic E-state index is 11.7. The van der Waals surface area contributed by atoms with Crippen molar-refractivity contribution in [3.63, 3.8) is 0 Å². The quantitative estimate of drug-likeness (QED) is 0.532. The van der Waals surface area contributed by atoms with Crippen LogP contribution < -0.4 is 5.32 Å². The van der Waals surface area contributed by atoms with Crippen LogP contribution in [0.2, 0.25) is 0 Å². The summed E-state index contributed by atoms with van der Waals surface area (Å²) in [7, 11) is 0. The first-order chi connectivity index (χ1) is 8.52. The Morgan fingerprint density at radius 3 is 2.89 bits per heavy atom. The molecule has 0 radical (unpaired) electrons. The number of amides is 1. The standard InChI is InChI=1S/C12H20N2O2S2/c1-8(7-15)4-3-5-13-11(16)6-10-9(2)14-12(17)18-10/h8,15H,3-7H2,1-2H3,(H,13,16)(H,14,17). The third-order valence-corrected chi connectivity index (χ3v) is 4.09. The molecule has 1 atom stereocenters. The fraction of sp³-hybridized carbons (Fsp3) is 0.667. The van der Waals surface area contributed by atoms with Crippen molar-refractivity contribution in [3.8, 4) is 0 Å². The smallest absolute Gasteiger partial charge is 0.225 e. The summed E-state index contributed by atoms with van der Waals surface area (Å²) in [5, 5.41) is 11.8. The van der Waals surface area contributed by atoms with Gasteiger partial charge in [-0.15, -0.1) is 11.3 Å². The van der Waals surface area contributed by atoms with Crippen LogP contribution in [0.25, 0.3) is 0 Å².